The standard InChI is InChI=1S/C7H9N/c1-6-4-3-5-8-7(6)2/h3-5H,1-2H3/i4D. The summed E-state index contributed by atoms with van der Waals surface area (Å²) in [5.74, 6) is 0. The lowest BCUT2D eigenvalue weighted by Crippen LogP contribution is -1.81. The van der Waals surface area contributed by atoms with E-state index in [0.29, 0.717) is 6.04 Å². The van der Waals surface area contributed by atoms with Crippen molar-refractivity contribution in [3.8, 4) is 0 Å². The first-order valence-electron chi connectivity index (χ1n) is 3.10. The number of rotatable bonds is 0. The van der Waals surface area contributed by atoms with E-state index in [0.717, 1.165) is 11.3 Å². The molecule has 0 aromatic carbocycles. The molecule has 0 unspecified atom stereocenters. The highest BCUT2D eigenvalue weighted by Gasteiger charge is 1.85. The van der Waals surface area contributed by atoms with Gasteiger partial charge in [0.1, 0.15) is 0 Å². The fourth-order valence-electron chi connectivity index (χ4n) is 0.513. The van der Waals surface area contributed by atoms with Gasteiger partial charge < -0.3 is 0 Å². The SMILES string of the molecule is [2H]c1ccnc(C)c1C. The fraction of sp³-hybridized carbons (Fsp3) is 0.286. The van der Waals surface area contributed by atoms with Gasteiger partial charge in [0, 0.05) is 11.9 Å². The van der Waals surface area contributed by atoms with Gasteiger partial charge in [-0.3, -0.25) is 4.98 Å². The maximum absolute atomic E-state index is 7.32. The number of aryl methyl sites for hydroxylation is 1. The van der Waals surface area contributed by atoms with Crippen LogP contribution in [0.4, 0.5) is 0 Å². The average molecular weight is 108 g/mol. The van der Waals surface area contributed by atoms with E-state index in [1.54, 1.807) is 12.3 Å². The van der Waals surface area contributed by atoms with Gasteiger partial charge in [-0.25, -0.2) is 0 Å². The van der Waals surface area contributed by atoms with Crippen molar-refractivity contribution in [3.05, 3.63) is 29.6 Å². The van der Waals surface area contributed by atoms with E-state index in [1.165, 1.54) is 0 Å². The maximum Gasteiger partial charge on any atom is 0.0627 e. The Bertz CT molecular complexity index is 200. The Hall–Kier alpha value is -0.850. The van der Waals surface area contributed by atoms with E-state index in [9.17, 15) is 0 Å². The lowest BCUT2D eigenvalue weighted by Gasteiger charge is -1.92. The molecule has 0 radical (unpaired) electrons. The largest absolute Gasteiger partial charge is 0.261 e. The summed E-state index contributed by atoms with van der Waals surface area (Å²) in [5, 5.41) is 0. The van der Waals surface area contributed by atoms with Crippen LogP contribution < -0.4 is 0 Å². The van der Waals surface area contributed by atoms with Gasteiger partial charge in [0.15, 0.2) is 0 Å². The first-order chi connectivity index (χ1) is 4.22. The normalized spacial score (nSPS) is 11.0. The molecule has 8 heavy (non-hydrogen) atoms. The van der Waals surface area contributed by atoms with Gasteiger partial charge in [-0.2, -0.15) is 0 Å². The first kappa shape index (κ1) is 4.07. The Morgan fingerprint density at radius 3 is 2.88 bits per heavy atom. The van der Waals surface area contributed by atoms with Crippen LogP contribution in [0.1, 0.15) is 12.6 Å². The van der Waals surface area contributed by atoms with Gasteiger partial charge in [0.2, 0.25) is 0 Å². The van der Waals surface area contributed by atoms with E-state index in [1.807, 2.05) is 13.8 Å². The van der Waals surface area contributed by atoms with Crippen LogP contribution in [-0.2, 0) is 0 Å². The van der Waals surface area contributed by atoms with E-state index in [-0.39, 0.29) is 0 Å². The molecular weight excluding hydrogens is 98.1 g/mol. The van der Waals surface area contributed by atoms with Crippen LogP contribution in [0.5, 0.6) is 0 Å². The number of hydrogen-bond acceptors (Lipinski definition) is 1. The zero-order chi connectivity index (χ0) is 6.85. The predicted molar refractivity (Wildman–Crippen MR) is 33.7 cm³/mol. The van der Waals surface area contributed by atoms with E-state index >= 15 is 0 Å². The van der Waals surface area contributed by atoms with Crippen LogP contribution in [0.25, 0.3) is 0 Å². The molecule has 0 aliphatic rings. The third kappa shape index (κ3) is 0.861. The van der Waals surface area contributed by atoms with Gasteiger partial charge >= 0.3 is 0 Å². The zero-order valence-electron chi connectivity index (χ0n) is 6.10. The van der Waals surface area contributed by atoms with Crippen LogP contribution in [0, 0.1) is 13.8 Å². The molecule has 0 atom stereocenters. The number of nitrogens with zero attached hydrogens (tertiary/aromatic N) is 1. The van der Waals surface area contributed by atoms with E-state index < -0.39 is 0 Å². The summed E-state index contributed by atoms with van der Waals surface area (Å²) in [4.78, 5) is 4.02. The summed E-state index contributed by atoms with van der Waals surface area (Å²) in [6.45, 7) is 3.82. The van der Waals surface area contributed by atoms with Crippen molar-refractivity contribution in [2.24, 2.45) is 0 Å². The first-order valence-corrected chi connectivity index (χ1v) is 2.60. The van der Waals surface area contributed by atoms with Crippen LogP contribution in [0.2, 0.25) is 0 Å². The minimum absolute atomic E-state index is 0.572. The van der Waals surface area contributed by atoms with Crippen LogP contribution >= 0.6 is 0 Å². The summed E-state index contributed by atoms with van der Waals surface area (Å²) >= 11 is 0. The third-order valence-corrected chi connectivity index (χ3v) is 1.19. The summed E-state index contributed by atoms with van der Waals surface area (Å²) in [6.07, 6.45) is 1.66. The molecule has 0 bridgehead atoms. The average Bonchev–Trinajstić information content (AvgIpc) is 1.83. The Balaban J connectivity index is 3.25. The van der Waals surface area contributed by atoms with Crippen LogP contribution in [0.15, 0.2) is 18.3 Å². The highest BCUT2D eigenvalue weighted by molar-refractivity contribution is 5.15. The number of hydrogen-bond donors (Lipinski definition) is 0. The predicted octanol–water partition coefficient (Wildman–Crippen LogP) is 1.70. The second-order valence-electron chi connectivity index (χ2n) is 1.80. The van der Waals surface area contributed by atoms with Gasteiger partial charge in [0.25, 0.3) is 0 Å². The molecule has 0 spiro atoms. The maximum atomic E-state index is 7.32. The molecule has 0 fully saturated rings. The summed E-state index contributed by atoms with van der Waals surface area (Å²) in [6, 6.07) is 2.27. The number of pyridine rings is 1. The van der Waals surface area contributed by atoms with Crippen molar-refractivity contribution >= 4 is 0 Å². The lowest BCUT2D eigenvalue weighted by molar-refractivity contribution is 1.15. The van der Waals surface area contributed by atoms with E-state index in [4.69, 9.17) is 1.37 Å². The molecule has 0 N–H and O–H groups in total. The molecule has 0 aliphatic carbocycles. The van der Waals surface area contributed by atoms with Gasteiger partial charge in [-0.05, 0) is 25.5 Å². The van der Waals surface area contributed by atoms with Crippen molar-refractivity contribution in [2.75, 3.05) is 0 Å². The van der Waals surface area contributed by atoms with Gasteiger partial charge in [-0.1, -0.05) is 6.04 Å². The molecule has 0 saturated heterocycles. The van der Waals surface area contributed by atoms with Crippen molar-refractivity contribution in [3.63, 3.8) is 0 Å². The molecule has 1 rings (SSSR count). The second kappa shape index (κ2) is 1.95. The highest BCUT2D eigenvalue weighted by atomic mass is 14.6. The van der Waals surface area contributed by atoms with Crippen molar-refractivity contribution in [1.82, 2.24) is 4.98 Å². The monoisotopic (exact) mass is 108 g/mol. The molecular formula is C7H9N. The quantitative estimate of drug-likeness (QED) is 0.493. The Morgan fingerprint density at radius 1 is 1.62 bits per heavy atom. The third-order valence-electron chi connectivity index (χ3n) is 1.19. The second-order valence-corrected chi connectivity index (χ2v) is 1.80. The molecule has 1 heteroatoms. The van der Waals surface area contributed by atoms with Crippen LogP contribution in [0.3, 0.4) is 0 Å². The van der Waals surface area contributed by atoms with Crippen molar-refractivity contribution < 1.29 is 1.37 Å². The topological polar surface area (TPSA) is 12.9 Å². The van der Waals surface area contributed by atoms with Crippen molar-refractivity contribution in [2.45, 2.75) is 13.8 Å². The number of aromatic nitrogens is 1. The minimum Gasteiger partial charge on any atom is -0.261 e. The summed E-state index contributed by atoms with van der Waals surface area (Å²) < 4.78 is 7.32. The Morgan fingerprint density at radius 2 is 2.38 bits per heavy atom. The molecule has 0 aliphatic heterocycles. The molecule has 0 amide bonds. The van der Waals surface area contributed by atoms with Gasteiger partial charge in [-0.15, -0.1) is 0 Å². The van der Waals surface area contributed by atoms with Gasteiger partial charge in [0.05, 0.1) is 1.37 Å². The summed E-state index contributed by atoms with van der Waals surface area (Å²) in [7, 11) is 0. The minimum atomic E-state index is 0.572. The fourth-order valence-corrected chi connectivity index (χ4v) is 0.513. The molecule has 1 aromatic heterocycles. The molecule has 1 heterocycles. The molecule has 0 saturated carbocycles. The molecule has 1 nitrogen and oxygen atoms in total. The zero-order valence-corrected chi connectivity index (χ0v) is 5.10. The molecule has 42 valence electrons. The smallest absolute Gasteiger partial charge is 0.0627 e. The van der Waals surface area contributed by atoms with Crippen LogP contribution in [-0.4, -0.2) is 4.98 Å². The van der Waals surface area contributed by atoms with Crippen molar-refractivity contribution in [1.29, 1.82) is 0 Å². The summed E-state index contributed by atoms with van der Waals surface area (Å²) in [5.41, 5.74) is 1.92. The molecule has 1 aromatic rings. The lowest BCUT2D eigenvalue weighted by atomic mass is 10.2. The Labute approximate surface area is 50.8 Å². The van der Waals surface area contributed by atoms with E-state index in [2.05, 4.69) is 4.98 Å². The Kier molecular flexibility index (Phi) is 0.992. The highest BCUT2D eigenvalue weighted by Crippen LogP contribution is 1.98.